The van der Waals surface area contributed by atoms with Crippen molar-refractivity contribution in [1.82, 2.24) is 9.47 Å². The van der Waals surface area contributed by atoms with Crippen LogP contribution in [-0.2, 0) is 12.7 Å². The first kappa shape index (κ1) is 13.2. The average molecular weight is 280 g/mol. The van der Waals surface area contributed by atoms with Crippen LogP contribution in [0.3, 0.4) is 0 Å². The van der Waals surface area contributed by atoms with E-state index < -0.39 is 11.9 Å². The second-order valence-electron chi connectivity index (χ2n) is 5.09. The van der Waals surface area contributed by atoms with Gasteiger partial charge in [-0.15, -0.1) is 0 Å². The van der Waals surface area contributed by atoms with Gasteiger partial charge in [-0.3, -0.25) is 4.90 Å². The number of nitrogens with zero attached hydrogens (tertiary/aromatic N) is 2. The summed E-state index contributed by atoms with van der Waals surface area (Å²) in [6.07, 6.45) is -4.30. The molecule has 1 unspecified atom stereocenters. The Balaban J connectivity index is 2.09. The van der Waals surface area contributed by atoms with E-state index in [1.807, 2.05) is 37.4 Å². The van der Waals surface area contributed by atoms with Crippen molar-refractivity contribution in [2.45, 2.75) is 18.8 Å². The lowest BCUT2D eigenvalue weighted by atomic mass is 10.0. The predicted octanol–water partition coefficient (Wildman–Crippen LogP) is 3.54. The lowest BCUT2D eigenvalue weighted by Gasteiger charge is -2.35. The minimum atomic E-state index is -4.30. The number of alkyl halides is 3. The molecule has 0 amide bonds. The first-order valence-electron chi connectivity index (χ1n) is 6.50. The number of aromatic nitrogens is 1. The molecule has 1 atom stereocenters. The number of fused-ring (bicyclic) bond motifs is 1. The van der Waals surface area contributed by atoms with Gasteiger partial charge in [0, 0.05) is 18.8 Å². The monoisotopic (exact) mass is 280 g/mol. The largest absolute Gasteiger partial charge is 0.431 e. The van der Waals surface area contributed by atoms with E-state index in [1.54, 1.807) is 6.07 Å². The maximum Gasteiger partial charge on any atom is 0.431 e. The second-order valence-corrected chi connectivity index (χ2v) is 5.09. The number of likely N-dealkylation sites (N-methyl/N-ethyl adjacent to an activating group) is 1. The van der Waals surface area contributed by atoms with Gasteiger partial charge in [-0.25, -0.2) is 0 Å². The van der Waals surface area contributed by atoms with Crippen LogP contribution in [0, 0.1) is 0 Å². The van der Waals surface area contributed by atoms with E-state index in [4.69, 9.17) is 0 Å². The van der Waals surface area contributed by atoms with Crippen LogP contribution in [0.25, 0.3) is 0 Å². The molecule has 1 aromatic heterocycles. The summed E-state index contributed by atoms with van der Waals surface area (Å²) in [5.41, 5.74) is 1.17. The lowest BCUT2D eigenvalue weighted by Crippen LogP contribution is -2.36. The Morgan fingerprint density at radius 2 is 1.70 bits per heavy atom. The molecule has 0 aliphatic carbocycles. The highest BCUT2D eigenvalue weighted by atomic mass is 19.4. The standard InChI is InChI=1S/C15H15F3N2/c1-19-9-10-20-12(7-8-13(20)15(16,17)18)14(19)11-5-3-2-4-6-11/h2-8,14H,9-10H2,1H3. The Labute approximate surface area is 115 Å². The van der Waals surface area contributed by atoms with E-state index in [0.29, 0.717) is 18.8 Å². The molecule has 0 spiro atoms. The Bertz CT molecular complexity index is 601. The van der Waals surface area contributed by atoms with Crippen LogP contribution >= 0.6 is 0 Å². The molecule has 0 fully saturated rings. The number of hydrogen-bond acceptors (Lipinski definition) is 1. The molecule has 1 aromatic carbocycles. The minimum absolute atomic E-state index is 0.124. The summed E-state index contributed by atoms with van der Waals surface area (Å²) in [6.45, 7) is 0.974. The first-order valence-corrected chi connectivity index (χ1v) is 6.50. The summed E-state index contributed by atoms with van der Waals surface area (Å²) < 4.78 is 40.4. The molecule has 2 nitrogen and oxygen atoms in total. The zero-order valence-corrected chi connectivity index (χ0v) is 11.1. The average Bonchev–Trinajstić information content (AvgIpc) is 2.83. The van der Waals surface area contributed by atoms with Gasteiger partial charge < -0.3 is 4.57 Å². The second kappa shape index (κ2) is 4.66. The molecule has 2 heterocycles. The molecular formula is C15H15F3N2. The Kier molecular flexibility index (Phi) is 3.09. The summed E-state index contributed by atoms with van der Waals surface area (Å²) >= 11 is 0. The van der Waals surface area contributed by atoms with Crippen molar-refractivity contribution >= 4 is 0 Å². The van der Waals surface area contributed by atoms with Crippen LogP contribution in [0.2, 0.25) is 0 Å². The zero-order chi connectivity index (χ0) is 14.3. The van der Waals surface area contributed by atoms with Gasteiger partial charge in [0.15, 0.2) is 0 Å². The van der Waals surface area contributed by atoms with E-state index in [2.05, 4.69) is 4.90 Å². The Morgan fingerprint density at radius 1 is 1.00 bits per heavy atom. The molecular weight excluding hydrogens is 265 g/mol. The Hall–Kier alpha value is -1.75. The normalized spacial score (nSPS) is 19.9. The fraction of sp³-hybridized carbons (Fsp3) is 0.333. The maximum atomic E-state index is 13.0. The molecule has 1 aliphatic heterocycles. The molecule has 0 bridgehead atoms. The van der Waals surface area contributed by atoms with Crippen molar-refractivity contribution in [3.05, 3.63) is 59.4 Å². The van der Waals surface area contributed by atoms with Crippen LogP contribution < -0.4 is 0 Å². The van der Waals surface area contributed by atoms with Gasteiger partial charge in [0.25, 0.3) is 0 Å². The van der Waals surface area contributed by atoms with Crippen molar-refractivity contribution < 1.29 is 13.2 Å². The topological polar surface area (TPSA) is 8.17 Å². The van der Waals surface area contributed by atoms with E-state index in [9.17, 15) is 13.2 Å². The van der Waals surface area contributed by atoms with E-state index in [-0.39, 0.29) is 6.04 Å². The van der Waals surface area contributed by atoms with Gasteiger partial charge in [0.05, 0.1) is 6.04 Å². The smallest absolute Gasteiger partial charge is 0.338 e. The predicted molar refractivity (Wildman–Crippen MR) is 70.3 cm³/mol. The van der Waals surface area contributed by atoms with Crippen LogP contribution in [-0.4, -0.2) is 23.1 Å². The van der Waals surface area contributed by atoms with Crippen molar-refractivity contribution in [3.8, 4) is 0 Å². The molecule has 0 saturated carbocycles. The third-order valence-electron chi connectivity index (χ3n) is 3.82. The molecule has 20 heavy (non-hydrogen) atoms. The van der Waals surface area contributed by atoms with Gasteiger partial charge in [-0.05, 0) is 24.7 Å². The van der Waals surface area contributed by atoms with Crippen molar-refractivity contribution in [2.24, 2.45) is 0 Å². The summed E-state index contributed by atoms with van der Waals surface area (Å²) in [5, 5.41) is 0. The quantitative estimate of drug-likeness (QED) is 0.775. The maximum absolute atomic E-state index is 13.0. The molecule has 1 aliphatic rings. The number of benzene rings is 1. The van der Waals surface area contributed by atoms with Crippen molar-refractivity contribution in [1.29, 1.82) is 0 Å². The fourth-order valence-electron chi connectivity index (χ4n) is 2.89. The molecule has 0 saturated heterocycles. The van der Waals surface area contributed by atoms with Gasteiger partial charge in [-0.2, -0.15) is 13.2 Å². The van der Waals surface area contributed by atoms with E-state index in [0.717, 1.165) is 5.56 Å². The fourth-order valence-corrected chi connectivity index (χ4v) is 2.89. The minimum Gasteiger partial charge on any atom is -0.338 e. The highest BCUT2D eigenvalue weighted by molar-refractivity contribution is 5.32. The number of rotatable bonds is 1. The van der Waals surface area contributed by atoms with Gasteiger partial charge in [0.2, 0.25) is 0 Å². The van der Waals surface area contributed by atoms with Crippen LogP contribution in [0.1, 0.15) is 23.0 Å². The van der Waals surface area contributed by atoms with Gasteiger partial charge in [-0.1, -0.05) is 30.3 Å². The van der Waals surface area contributed by atoms with Crippen LogP contribution in [0.4, 0.5) is 13.2 Å². The zero-order valence-electron chi connectivity index (χ0n) is 11.1. The third kappa shape index (κ3) is 2.12. The number of halogens is 3. The van der Waals surface area contributed by atoms with Crippen LogP contribution in [0.5, 0.6) is 0 Å². The lowest BCUT2D eigenvalue weighted by molar-refractivity contribution is -0.144. The van der Waals surface area contributed by atoms with E-state index >= 15 is 0 Å². The summed E-state index contributed by atoms with van der Waals surface area (Å²) in [5.74, 6) is 0. The molecule has 5 heteroatoms. The summed E-state index contributed by atoms with van der Waals surface area (Å²) in [7, 11) is 1.95. The SMILES string of the molecule is CN1CCn2c(ccc2C(F)(F)F)C1c1ccccc1. The summed E-state index contributed by atoms with van der Waals surface area (Å²) in [6, 6.07) is 12.3. The Morgan fingerprint density at radius 3 is 2.35 bits per heavy atom. The number of hydrogen-bond donors (Lipinski definition) is 0. The summed E-state index contributed by atoms with van der Waals surface area (Å²) in [4.78, 5) is 2.09. The molecule has 3 rings (SSSR count). The van der Waals surface area contributed by atoms with Crippen LogP contribution in [0.15, 0.2) is 42.5 Å². The van der Waals surface area contributed by atoms with Gasteiger partial charge in [0.1, 0.15) is 5.69 Å². The molecule has 2 aromatic rings. The highest BCUT2D eigenvalue weighted by Crippen LogP contribution is 2.37. The molecule has 0 radical (unpaired) electrons. The van der Waals surface area contributed by atoms with Crippen molar-refractivity contribution in [2.75, 3.05) is 13.6 Å². The first-order chi connectivity index (χ1) is 9.48. The molecule has 0 N–H and O–H groups in total. The van der Waals surface area contributed by atoms with Gasteiger partial charge >= 0.3 is 6.18 Å². The molecule has 106 valence electrons. The highest BCUT2D eigenvalue weighted by Gasteiger charge is 2.38. The third-order valence-corrected chi connectivity index (χ3v) is 3.82. The van der Waals surface area contributed by atoms with Crippen molar-refractivity contribution in [3.63, 3.8) is 0 Å². The van der Waals surface area contributed by atoms with E-state index in [1.165, 1.54) is 10.6 Å².